The molecule has 10 nitrogen and oxygen atoms in total. The van der Waals surface area contributed by atoms with Crippen molar-refractivity contribution >= 4 is 35.0 Å². The van der Waals surface area contributed by atoms with E-state index in [2.05, 4.69) is 22.5 Å². The molecule has 4 amide bonds. The first-order chi connectivity index (χ1) is 21.5. The zero-order valence-electron chi connectivity index (χ0n) is 24.8. The molecule has 4 fully saturated rings. The highest BCUT2D eigenvalue weighted by Crippen LogP contribution is 2.25. The van der Waals surface area contributed by atoms with Crippen LogP contribution in [0.3, 0.4) is 0 Å². The van der Waals surface area contributed by atoms with Crippen LogP contribution < -0.4 is 10.6 Å². The molecular weight excluding hydrogens is 560 g/mol. The molecule has 230 valence electrons. The summed E-state index contributed by atoms with van der Waals surface area (Å²) in [6, 6.07) is 13.6. The van der Waals surface area contributed by atoms with Gasteiger partial charge in [0.2, 0.25) is 11.8 Å². The fraction of sp³-hybridized carbons (Fsp3) is 0.471. The molecule has 4 heterocycles. The van der Waals surface area contributed by atoms with E-state index < -0.39 is 24.3 Å². The van der Waals surface area contributed by atoms with Crippen molar-refractivity contribution in [1.29, 1.82) is 0 Å². The van der Waals surface area contributed by atoms with Crippen LogP contribution in [0.25, 0.3) is 0 Å². The third kappa shape index (κ3) is 6.79. The van der Waals surface area contributed by atoms with Crippen molar-refractivity contribution in [1.82, 2.24) is 9.80 Å². The Morgan fingerprint density at radius 1 is 0.591 bits per heavy atom. The lowest BCUT2D eigenvalue weighted by Gasteiger charge is -2.26. The van der Waals surface area contributed by atoms with Gasteiger partial charge in [0.25, 0.3) is 11.8 Å². The smallest absolute Gasteiger partial charge is 0.252 e. The van der Waals surface area contributed by atoms with E-state index in [1.165, 1.54) is 0 Å². The van der Waals surface area contributed by atoms with Crippen molar-refractivity contribution in [3.63, 3.8) is 0 Å². The Morgan fingerprint density at radius 2 is 1.00 bits per heavy atom. The highest BCUT2D eigenvalue weighted by Gasteiger charge is 2.39. The maximum Gasteiger partial charge on any atom is 0.252 e. The number of likely N-dealkylation sites (tertiary alicyclic amines) is 2. The first-order valence-corrected chi connectivity index (χ1v) is 15.6. The molecule has 2 aromatic rings. The Balaban J connectivity index is 1.00. The number of ether oxygens (including phenoxy) is 2. The average Bonchev–Trinajstić information content (AvgIpc) is 3.88. The molecule has 2 aromatic carbocycles. The number of hydrogen-bond donors (Lipinski definition) is 2. The van der Waals surface area contributed by atoms with Gasteiger partial charge < -0.3 is 29.9 Å². The molecule has 4 aliphatic rings. The van der Waals surface area contributed by atoms with Gasteiger partial charge in [-0.05, 0) is 99.9 Å². The molecule has 6 rings (SSSR count). The number of nitrogens with one attached hydrogen (secondary N) is 2. The zero-order valence-corrected chi connectivity index (χ0v) is 24.8. The second kappa shape index (κ2) is 13.6. The molecule has 0 radical (unpaired) electrons. The monoisotopic (exact) mass is 598 g/mol. The van der Waals surface area contributed by atoms with E-state index in [1.807, 2.05) is 24.3 Å². The Hall–Kier alpha value is -4.20. The van der Waals surface area contributed by atoms with E-state index in [-0.39, 0.29) is 23.6 Å². The predicted molar refractivity (Wildman–Crippen MR) is 164 cm³/mol. The molecule has 0 unspecified atom stereocenters. The van der Waals surface area contributed by atoms with Crippen LogP contribution in [-0.4, -0.2) is 84.0 Å². The second-order valence-electron chi connectivity index (χ2n) is 11.8. The van der Waals surface area contributed by atoms with Gasteiger partial charge in [0.15, 0.2) is 0 Å². The normalized spacial score (nSPS) is 24.5. The number of anilines is 2. The first-order valence-electron chi connectivity index (χ1n) is 15.6. The molecule has 4 saturated heterocycles. The Labute approximate surface area is 257 Å². The third-order valence-electron chi connectivity index (χ3n) is 8.74. The predicted octanol–water partition coefficient (Wildman–Crippen LogP) is 3.30. The maximum atomic E-state index is 13.0. The highest BCUT2D eigenvalue weighted by molar-refractivity contribution is 5.99. The number of amides is 4. The van der Waals surface area contributed by atoms with Crippen molar-refractivity contribution in [3.05, 3.63) is 59.7 Å². The van der Waals surface area contributed by atoms with Gasteiger partial charge in [0.05, 0.1) is 0 Å². The van der Waals surface area contributed by atoms with Gasteiger partial charge in [-0.25, -0.2) is 0 Å². The minimum Gasteiger partial charge on any atom is -0.368 e. The van der Waals surface area contributed by atoms with Crippen LogP contribution in [0.15, 0.2) is 48.5 Å². The summed E-state index contributed by atoms with van der Waals surface area (Å²) in [5.41, 5.74) is 2.87. The lowest BCUT2D eigenvalue weighted by Crippen LogP contribution is -2.47. The first kappa shape index (κ1) is 29.9. The van der Waals surface area contributed by atoms with E-state index in [9.17, 15) is 19.2 Å². The van der Waals surface area contributed by atoms with Gasteiger partial charge in [-0.3, -0.25) is 19.2 Å². The molecule has 0 saturated carbocycles. The highest BCUT2D eigenvalue weighted by atomic mass is 16.5. The third-order valence-corrected chi connectivity index (χ3v) is 8.74. The molecule has 4 atom stereocenters. The molecule has 10 heteroatoms. The van der Waals surface area contributed by atoms with Crippen molar-refractivity contribution in [2.75, 3.05) is 36.9 Å². The van der Waals surface area contributed by atoms with Crippen LogP contribution in [0.2, 0.25) is 0 Å². The molecule has 44 heavy (non-hydrogen) atoms. The van der Waals surface area contributed by atoms with Crippen LogP contribution in [0.1, 0.15) is 62.5 Å². The lowest BCUT2D eigenvalue weighted by molar-refractivity contribution is -0.144. The molecule has 0 bridgehead atoms. The van der Waals surface area contributed by atoms with Crippen molar-refractivity contribution in [2.24, 2.45) is 0 Å². The zero-order chi connectivity index (χ0) is 30.5. The van der Waals surface area contributed by atoms with Gasteiger partial charge in [0, 0.05) is 48.8 Å². The van der Waals surface area contributed by atoms with Gasteiger partial charge in [-0.15, -0.1) is 0 Å². The number of carbonyl (C=O) groups excluding carboxylic acids is 4. The number of benzene rings is 2. The summed E-state index contributed by atoms with van der Waals surface area (Å²) in [6.07, 6.45) is 5.22. The standard InChI is InChI=1S/C34H38N4O6/c39-31(27-5-1-19-37(27)33(41)29-7-3-21-43-29)35-25-15-11-23(12-16-25)9-10-24-13-17-26(18-14-24)36-32(40)28-6-2-20-38(28)34(42)30-8-4-22-44-30/h11-18,27-30H,1-8,19-22H2,(H,35,39)(H,36,40)/t27-,28-,29+,30+/m0/s1. The summed E-state index contributed by atoms with van der Waals surface area (Å²) >= 11 is 0. The minimum atomic E-state index is -0.481. The van der Waals surface area contributed by atoms with Crippen LogP contribution >= 0.6 is 0 Å². The molecular formula is C34H38N4O6. The quantitative estimate of drug-likeness (QED) is 0.493. The van der Waals surface area contributed by atoms with Gasteiger partial charge in [0.1, 0.15) is 24.3 Å². The Kier molecular flexibility index (Phi) is 9.24. The van der Waals surface area contributed by atoms with E-state index in [1.54, 1.807) is 34.1 Å². The largest absolute Gasteiger partial charge is 0.368 e. The number of nitrogens with zero attached hydrogens (tertiary/aromatic N) is 2. The SMILES string of the molecule is O=C(Nc1ccc(C#Cc2ccc(NC(=O)[C@@H]3CCCN3C(=O)[C@H]3CCCO3)cc2)cc1)[C@@H]1CCCN1C(=O)[C@H]1CCCO1. The number of hydrogen-bond acceptors (Lipinski definition) is 6. The van der Waals surface area contributed by atoms with Crippen LogP contribution in [0, 0.1) is 11.8 Å². The van der Waals surface area contributed by atoms with Gasteiger partial charge in [-0.2, -0.15) is 0 Å². The fourth-order valence-electron chi connectivity index (χ4n) is 6.39. The van der Waals surface area contributed by atoms with Crippen LogP contribution in [0.4, 0.5) is 11.4 Å². The Morgan fingerprint density at radius 3 is 1.36 bits per heavy atom. The summed E-state index contributed by atoms with van der Waals surface area (Å²) < 4.78 is 11.1. The van der Waals surface area contributed by atoms with E-state index >= 15 is 0 Å². The van der Waals surface area contributed by atoms with Crippen LogP contribution in [-0.2, 0) is 28.7 Å². The molecule has 2 N–H and O–H groups in total. The van der Waals surface area contributed by atoms with Crippen molar-refractivity contribution in [2.45, 2.75) is 75.7 Å². The van der Waals surface area contributed by atoms with Crippen molar-refractivity contribution in [3.8, 4) is 11.8 Å². The average molecular weight is 599 g/mol. The van der Waals surface area contributed by atoms with E-state index in [0.717, 1.165) is 36.8 Å². The molecule has 4 aliphatic heterocycles. The maximum absolute atomic E-state index is 13.0. The van der Waals surface area contributed by atoms with E-state index in [4.69, 9.17) is 9.47 Å². The summed E-state index contributed by atoms with van der Waals surface area (Å²) in [5, 5.41) is 5.88. The van der Waals surface area contributed by atoms with Gasteiger partial charge in [-0.1, -0.05) is 11.8 Å². The second-order valence-corrected chi connectivity index (χ2v) is 11.8. The fourth-order valence-corrected chi connectivity index (χ4v) is 6.39. The summed E-state index contributed by atoms with van der Waals surface area (Å²) in [5.74, 6) is 5.72. The molecule has 0 aliphatic carbocycles. The summed E-state index contributed by atoms with van der Waals surface area (Å²) in [6.45, 7) is 2.35. The van der Waals surface area contributed by atoms with E-state index in [0.29, 0.717) is 63.4 Å². The van der Waals surface area contributed by atoms with Crippen molar-refractivity contribution < 1.29 is 28.7 Å². The number of rotatable bonds is 6. The minimum absolute atomic E-state index is 0.0804. The topological polar surface area (TPSA) is 117 Å². The number of carbonyl (C=O) groups is 4. The van der Waals surface area contributed by atoms with Crippen LogP contribution in [0.5, 0.6) is 0 Å². The lowest BCUT2D eigenvalue weighted by atomic mass is 10.1. The molecule has 0 aromatic heterocycles. The summed E-state index contributed by atoms with van der Waals surface area (Å²) in [4.78, 5) is 54.9. The molecule has 0 spiro atoms. The summed E-state index contributed by atoms with van der Waals surface area (Å²) in [7, 11) is 0. The van der Waals surface area contributed by atoms with Gasteiger partial charge >= 0.3 is 0 Å². The Bertz CT molecular complexity index is 1330.